The van der Waals surface area contributed by atoms with Crippen LogP contribution >= 0.6 is 0 Å². The molecule has 0 radical (unpaired) electrons. The molecule has 1 saturated heterocycles. The average Bonchev–Trinajstić information content (AvgIpc) is 1.52. The van der Waals surface area contributed by atoms with Gasteiger partial charge in [-0.25, -0.2) is 0 Å². The Morgan fingerprint density at radius 3 is 2.10 bits per heavy atom. The molecule has 2 nitrogen and oxygen atoms in total. The molecule has 1 aliphatic heterocycles. The Kier molecular flexibility index (Phi) is 0.783. The zero-order valence-electron chi connectivity index (χ0n) is 6.21. The highest BCUT2D eigenvalue weighted by molar-refractivity contribution is 5.17. The highest BCUT2D eigenvalue weighted by Crippen LogP contribution is 2.61. The summed E-state index contributed by atoms with van der Waals surface area (Å²) in [5.74, 6) is 1.11. The first-order valence-corrected chi connectivity index (χ1v) is 4.29. The lowest BCUT2D eigenvalue weighted by molar-refractivity contribution is -0.171. The molecule has 4 aliphatic rings. The highest BCUT2D eigenvalue weighted by Gasteiger charge is 2.61. The summed E-state index contributed by atoms with van der Waals surface area (Å²) in [6, 6.07) is 0.494. The van der Waals surface area contributed by atoms with Gasteiger partial charge in [0.2, 0.25) is 0 Å². The van der Waals surface area contributed by atoms with E-state index in [9.17, 15) is 0 Å². The van der Waals surface area contributed by atoms with Crippen LogP contribution in [0.5, 0.6) is 0 Å². The Morgan fingerprint density at radius 2 is 1.80 bits per heavy atom. The minimum Gasteiger partial charge on any atom is -0.325 e. The van der Waals surface area contributed by atoms with E-state index >= 15 is 0 Å². The van der Waals surface area contributed by atoms with Crippen molar-refractivity contribution in [2.24, 2.45) is 11.7 Å². The lowest BCUT2D eigenvalue weighted by Crippen LogP contribution is -2.75. The third-order valence-electron chi connectivity index (χ3n) is 3.59. The smallest absolute Gasteiger partial charge is 0.0297 e. The van der Waals surface area contributed by atoms with E-state index < -0.39 is 0 Å². The predicted octanol–water partition coefficient (Wildman–Crippen LogP) is 0.182. The third-order valence-corrected chi connectivity index (χ3v) is 3.59. The molecule has 4 rings (SSSR count). The first-order chi connectivity index (χ1) is 4.78. The van der Waals surface area contributed by atoms with E-state index in [1.807, 2.05) is 0 Å². The molecule has 0 aromatic carbocycles. The van der Waals surface area contributed by atoms with E-state index in [2.05, 4.69) is 4.90 Å². The maximum Gasteiger partial charge on any atom is 0.0297 e. The maximum absolute atomic E-state index is 5.72. The molecule has 10 heavy (non-hydrogen) atoms. The largest absolute Gasteiger partial charge is 0.325 e. The quantitative estimate of drug-likeness (QED) is 0.560. The highest BCUT2D eigenvalue weighted by atomic mass is 15.3. The number of nitrogens with two attached hydrogens (primary N) is 1. The van der Waals surface area contributed by atoms with Gasteiger partial charge in [-0.15, -0.1) is 0 Å². The molecule has 0 spiro atoms. The van der Waals surface area contributed by atoms with E-state index in [0.717, 1.165) is 5.92 Å². The van der Waals surface area contributed by atoms with Crippen LogP contribution in [0.25, 0.3) is 0 Å². The first kappa shape index (κ1) is 5.56. The van der Waals surface area contributed by atoms with Gasteiger partial charge in [-0.2, -0.15) is 0 Å². The van der Waals surface area contributed by atoms with Gasteiger partial charge in [0.05, 0.1) is 0 Å². The molecule has 2 heteroatoms. The number of hydrogen-bond donors (Lipinski definition) is 1. The van der Waals surface area contributed by atoms with Crippen molar-refractivity contribution in [3.63, 3.8) is 0 Å². The van der Waals surface area contributed by atoms with Gasteiger partial charge in [-0.05, 0) is 25.2 Å². The second-order valence-corrected chi connectivity index (χ2v) is 4.37. The van der Waals surface area contributed by atoms with Crippen molar-refractivity contribution in [2.45, 2.75) is 30.8 Å². The normalized spacial score (nSPS) is 53.1. The third kappa shape index (κ3) is 0.453. The van der Waals surface area contributed by atoms with Gasteiger partial charge in [0, 0.05) is 24.7 Å². The maximum atomic E-state index is 5.72. The molecule has 0 unspecified atom stereocenters. The van der Waals surface area contributed by atoms with Crippen molar-refractivity contribution in [1.82, 2.24) is 4.90 Å². The van der Waals surface area contributed by atoms with Crippen LogP contribution in [0.2, 0.25) is 0 Å². The molecule has 1 heterocycles. The molecule has 2 N–H and O–H groups in total. The summed E-state index contributed by atoms with van der Waals surface area (Å²) in [4.78, 5) is 2.59. The van der Waals surface area contributed by atoms with Gasteiger partial charge in [0.1, 0.15) is 0 Å². The van der Waals surface area contributed by atoms with Gasteiger partial charge < -0.3 is 5.73 Å². The lowest BCUT2D eigenvalue weighted by atomic mass is 9.48. The molecule has 0 atom stereocenters. The molecule has 56 valence electrons. The monoisotopic (exact) mass is 138 g/mol. The van der Waals surface area contributed by atoms with Gasteiger partial charge in [-0.3, -0.25) is 4.90 Å². The van der Waals surface area contributed by atoms with Crippen LogP contribution in [0.4, 0.5) is 0 Å². The first-order valence-electron chi connectivity index (χ1n) is 4.29. The number of rotatable bonds is 1. The zero-order valence-corrected chi connectivity index (χ0v) is 6.21. The van der Waals surface area contributed by atoms with Gasteiger partial charge in [-0.1, -0.05) is 0 Å². The van der Waals surface area contributed by atoms with Crippen LogP contribution in [0.15, 0.2) is 0 Å². The van der Waals surface area contributed by atoms with Crippen molar-refractivity contribution in [1.29, 1.82) is 0 Å². The fraction of sp³-hybridized carbons (Fsp3) is 1.00. The van der Waals surface area contributed by atoms with Crippen LogP contribution < -0.4 is 5.73 Å². The minimum absolute atomic E-state index is 0.494. The summed E-state index contributed by atoms with van der Waals surface area (Å²) < 4.78 is 0. The average molecular weight is 138 g/mol. The van der Waals surface area contributed by atoms with Crippen LogP contribution in [-0.4, -0.2) is 29.6 Å². The summed E-state index contributed by atoms with van der Waals surface area (Å²) in [5.41, 5.74) is 6.41. The van der Waals surface area contributed by atoms with Gasteiger partial charge in [0.15, 0.2) is 0 Å². The summed E-state index contributed by atoms with van der Waals surface area (Å²) >= 11 is 0. The van der Waals surface area contributed by atoms with E-state index in [1.54, 1.807) is 0 Å². The summed E-state index contributed by atoms with van der Waals surface area (Å²) in [5, 5.41) is 0. The topological polar surface area (TPSA) is 29.3 Å². The zero-order chi connectivity index (χ0) is 6.77. The molecule has 0 aromatic rings. The SMILES string of the molecule is NC1CN(C23CC(C2)C3)C1. The van der Waals surface area contributed by atoms with Crippen molar-refractivity contribution < 1.29 is 0 Å². The van der Waals surface area contributed by atoms with E-state index in [-0.39, 0.29) is 0 Å². The number of nitrogens with zero attached hydrogens (tertiary/aromatic N) is 1. The molecular weight excluding hydrogens is 124 g/mol. The van der Waals surface area contributed by atoms with Crippen LogP contribution in [0.3, 0.4) is 0 Å². The standard InChI is InChI=1S/C8H14N2/c9-7-4-10(5-7)8-1-6(2-8)3-8/h6-7H,1-5,9H2. The molecule has 3 aliphatic carbocycles. The van der Waals surface area contributed by atoms with Crippen molar-refractivity contribution >= 4 is 0 Å². The molecule has 4 fully saturated rings. The fourth-order valence-corrected chi connectivity index (χ4v) is 2.72. The summed E-state index contributed by atoms with van der Waals surface area (Å²) in [6.07, 6.45) is 4.46. The van der Waals surface area contributed by atoms with Crippen LogP contribution in [0.1, 0.15) is 19.3 Å². The second-order valence-electron chi connectivity index (χ2n) is 4.37. The fourth-order valence-electron chi connectivity index (χ4n) is 2.72. The Morgan fingerprint density at radius 1 is 1.20 bits per heavy atom. The number of likely N-dealkylation sites (tertiary alicyclic amines) is 1. The van der Waals surface area contributed by atoms with Crippen LogP contribution in [0, 0.1) is 5.92 Å². The van der Waals surface area contributed by atoms with E-state index in [4.69, 9.17) is 5.73 Å². The molecule has 3 saturated carbocycles. The Labute approximate surface area is 61.4 Å². The van der Waals surface area contributed by atoms with E-state index in [0.29, 0.717) is 11.6 Å². The molecular formula is C8H14N2. The molecule has 2 bridgehead atoms. The van der Waals surface area contributed by atoms with Crippen molar-refractivity contribution in [3.8, 4) is 0 Å². The second kappa shape index (κ2) is 1.41. The Bertz CT molecular complexity index is 155. The Hall–Kier alpha value is -0.0800. The molecule has 0 aromatic heterocycles. The summed E-state index contributed by atoms with van der Waals surface area (Å²) in [6.45, 7) is 2.35. The van der Waals surface area contributed by atoms with E-state index in [1.165, 1.54) is 32.4 Å². The number of hydrogen-bond acceptors (Lipinski definition) is 2. The lowest BCUT2D eigenvalue weighted by Gasteiger charge is -2.69. The van der Waals surface area contributed by atoms with Crippen molar-refractivity contribution in [3.05, 3.63) is 0 Å². The predicted molar refractivity (Wildman–Crippen MR) is 39.6 cm³/mol. The summed E-state index contributed by atoms with van der Waals surface area (Å²) in [7, 11) is 0. The van der Waals surface area contributed by atoms with Gasteiger partial charge in [0.25, 0.3) is 0 Å². The molecule has 0 amide bonds. The van der Waals surface area contributed by atoms with Crippen molar-refractivity contribution in [2.75, 3.05) is 13.1 Å². The van der Waals surface area contributed by atoms with Crippen LogP contribution in [-0.2, 0) is 0 Å². The Balaban J connectivity index is 1.68. The van der Waals surface area contributed by atoms with Gasteiger partial charge >= 0.3 is 0 Å². The minimum atomic E-state index is 0.494.